The summed E-state index contributed by atoms with van der Waals surface area (Å²) in [6.45, 7) is 5.70. The van der Waals surface area contributed by atoms with Crippen molar-refractivity contribution in [3.63, 3.8) is 0 Å². The fraction of sp³-hybridized carbons (Fsp3) is 0.727. The van der Waals surface area contributed by atoms with Crippen molar-refractivity contribution < 1.29 is 0 Å². The Bertz CT molecular complexity index is 286. The molecular weight excluding hydrogens is 206 g/mol. The van der Waals surface area contributed by atoms with E-state index in [0.29, 0.717) is 12.0 Å². The van der Waals surface area contributed by atoms with Gasteiger partial charge in [-0.15, -0.1) is 11.3 Å². The Morgan fingerprint density at radius 3 is 3.20 bits per heavy atom. The maximum absolute atomic E-state index is 4.34. The third-order valence-corrected chi connectivity index (χ3v) is 3.98. The fourth-order valence-corrected chi connectivity index (χ4v) is 2.71. The monoisotopic (exact) mass is 225 g/mol. The zero-order valence-corrected chi connectivity index (χ0v) is 10.3. The van der Waals surface area contributed by atoms with Crippen molar-refractivity contribution in [1.82, 2.24) is 15.2 Å². The van der Waals surface area contributed by atoms with Gasteiger partial charge in [0.05, 0.1) is 5.01 Å². The van der Waals surface area contributed by atoms with E-state index in [1.807, 2.05) is 6.20 Å². The zero-order valence-electron chi connectivity index (χ0n) is 9.44. The van der Waals surface area contributed by atoms with Crippen molar-refractivity contribution in [2.24, 2.45) is 0 Å². The predicted molar refractivity (Wildman–Crippen MR) is 64.4 cm³/mol. The van der Waals surface area contributed by atoms with Gasteiger partial charge in [0.1, 0.15) is 0 Å². The first-order valence-electron chi connectivity index (χ1n) is 5.57. The summed E-state index contributed by atoms with van der Waals surface area (Å²) in [6, 6.07) is 0.678. The van der Waals surface area contributed by atoms with Crippen molar-refractivity contribution >= 4 is 11.3 Å². The van der Waals surface area contributed by atoms with Gasteiger partial charge in [0.25, 0.3) is 0 Å². The van der Waals surface area contributed by atoms with Gasteiger partial charge < -0.3 is 10.2 Å². The second kappa shape index (κ2) is 5.05. The van der Waals surface area contributed by atoms with E-state index in [-0.39, 0.29) is 0 Å². The van der Waals surface area contributed by atoms with Crippen molar-refractivity contribution in [2.75, 3.05) is 26.7 Å². The Morgan fingerprint density at radius 1 is 1.73 bits per heavy atom. The average molecular weight is 225 g/mol. The molecule has 15 heavy (non-hydrogen) atoms. The molecule has 1 saturated heterocycles. The summed E-state index contributed by atoms with van der Waals surface area (Å²) in [4.78, 5) is 6.73. The number of nitrogens with one attached hydrogen (secondary N) is 1. The largest absolute Gasteiger partial charge is 0.312 e. The van der Waals surface area contributed by atoms with Gasteiger partial charge in [0.15, 0.2) is 0 Å². The third-order valence-electron chi connectivity index (χ3n) is 2.98. The van der Waals surface area contributed by atoms with Crippen LogP contribution in [-0.2, 0) is 0 Å². The molecule has 0 radical (unpaired) electrons. The van der Waals surface area contributed by atoms with Gasteiger partial charge in [-0.2, -0.15) is 0 Å². The van der Waals surface area contributed by atoms with Crippen LogP contribution in [0.4, 0.5) is 0 Å². The molecule has 1 aliphatic rings. The Hall–Kier alpha value is -0.450. The molecule has 2 atom stereocenters. The number of hydrogen-bond acceptors (Lipinski definition) is 4. The molecule has 0 saturated carbocycles. The standard InChI is InChI=1S/C11H19N3S/c1-9(11-12-4-6-15-11)7-13-10-3-5-14(2)8-10/h4,6,9-10,13H,3,5,7-8H2,1-2H3. The Kier molecular flexibility index (Phi) is 3.72. The third kappa shape index (κ3) is 3.00. The first-order chi connectivity index (χ1) is 7.25. The number of likely N-dealkylation sites (N-methyl/N-ethyl adjacent to an activating group) is 1. The van der Waals surface area contributed by atoms with Gasteiger partial charge in [0, 0.05) is 36.6 Å². The Morgan fingerprint density at radius 2 is 2.60 bits per heavy atom. The lowest BCUT2D eigenvalue weighted by atomic mass is 10.1. The van der Waals surface area contributed by atoms with Crippen molar-refractivity contribution in [1.29, 1.82) is 0 Å². The van der Waals surface area contributed by atoms with E-state index in [1.54, 1.807) is 11.3 Å². The molecule has 1 aliphatic heterocycles. The summed E-state index contributed by atoms with van der Waals surface area (Å²) >= 11 is 1.75. The van der Waals surface area contributed by atoms with E-state index >= 15 is 0 Å². The lowest BCUT2D eigenvalue weighted by Gasteiger charge is -2.15. The van der Waals surface area contributed by atoms with E-state index in [0.717, 1.165) is 6.54 Å². The molecule has 0 bridgehead atoms. The molecular formula is C11H19N3S. The number of likely N-dealkylation sites (tertiary alicyclic amines) is 1. The molecule has 3 nitrogen and oxygen atoms in total. The van der Waals surface area contributed by atoms with Crippen LogP contribution in [0, 0.1) is 0 Å². The molecule has 0 aromatic carbocycles. The summed E-state index contributed by atoms with van der Waals surface area (Å²) < 4.78 is 0. The molecule has 1 aromatic heterocycles. The van der Waals surface area contributed by atoms with Crippen LogP contribution >= 0.6 is 11.3 Å². The van der Waals surface area contributed by atoms with E-state index in [9.17, 15) is 0 Å². The number of nitrogens with zero attached hydrogens (tertiary/aromatic N) is 2. The lowest BCUT2D eigenvalue weighted by Crippen LogP contribution is -2.34. The summed E-state index contributed by atoms with van der Waals surface area (Å²) in [7, 11) is 2.19. The van der Waals surface area contributed by atoms with Crippen molar-refractivity contribution in [2.45, 2.75) is 25.3 Å². The minimum atomic E-state index is 0.538. The van der Waals surface area contributed by atoms with Crippen LogP contribution in [0.5, 0.6) is 0 Å². The number of rotatable bonds is 4. The first kappa shape index (κ1) is 11.0. The molecule has 0 spiro atoms. The highest BCUT2D eigenvalue weighted by Crippen LogP contribution is 2.17. The van der Waals surface area contributed by atoms with E-state index < -0.39 is 0 Å². The molecule has 2 rings (SSSR count). The molecule has 1 N–H and O–H groups in total. The first-order valence-corrected chi connectivity index (χ1v) is 6.45. The number of aromatic nitrogens is 1. The summed E-state index contributed by atoms with van der Waals surface area (Å²) in [5.74, 6) is 0.538. The second-order valence-corrected chi connectivity index (χ2v) is 5.35. The average Bonchev–Trinajstić information content (AvgIpc) is 2.84. The van der Waals surface area contributed by atoms with Crippen LogP contribution in [0.2, 0.25) is 0 Å². The highest BCUT2D eigenvalue weighted by atomic mass is 32.1. The van der Waals surface area contributed by atoms with Crippen LogP contribution in [0.15, 0.2) is 11.6 Å². The highest BCUT2D eigenvalue weighted by molar-refractivity contribution is 7.09. The van der Waals surface area contributed by atoms with Gasteiger partial charge in [-0.3, -0.25) is 0 Å². The number of hydrogen-bond donors (Lipinski definition) is 1. The SMILES string of the molecule is CC(CNC1CCN(C)C1)c1nccs1. The minimum Gasteiger partial charge on any atom is -0.312 e. The van der Waals surface area contributed by atoms with E-state index in [1.165, 1.54) is 24.5 Å². The van der Waals surface area contributed by atoms with Gasteiger partial charge in [-0.1, -0.05) is 6.92 Å². The molecule has 0 amide bonds. The number of thiazole rings is 1. The molecule has 1 fully saturated rings. The zero-order chi connectivity index (χ0) is 10.7. The van der Waals surface area contributed by atoms with Crippen LogP contribution in [-0.4, -0.2) is 42.6 Å². The predicted octanol–water partition coefficient (Wildman–Crippen LogP) is 1.54. The van der Waals surface area contributed by atoms with Gasteiger partial charge in [-0.25, -0.2) is 4.98 Å². The molecule has 4 heteroatoms. The van der Waals surface area contributed by atoms with Crippen molar-refractivity contribution in [3.05, 3.63) is 16.6 Å². The van der Waals surface area contributed by atoms with E-state index in [4.69, 9.17) is 0 Å². The molecule has 2 heterocycles. The minimum absolute atomic E-state index is 0.538. The van der Waals surface area contributed by atoms with Crippen LogP contribution in [0.25, 0.3) is 0 Å². The molecule has 84 valence electrons. The maximum Gasteiger partial charge on any atom is 0.0965 e. The van der Waals surface area contributed by atoms with Crippen LogP contribution in [0.1, 0.15) is 24.3 Å². The lowest BCUT2D eigenvalue weighted by molar-refractivity contribution is 0.396. The maximum atomic E-state index is 4.34. The topological polar surface area (TPSA) is 28.2 Å². The van der Waals surface area contributed by atoms with Gasteiger partial charge in [0.2, 0.25) is 0 Å². The Labute approximate surface area is 95.5 Å². The van der Waals surface area contributed by atoms with Crippen LogP contribution < -0.4 is 5.32 Å². The molecule has 2 unspecified atom stereocenters. The second-order valence-electron chi connectivity index (χ2n) is 4.43. The quantitative estimate of drug-likeness (QED) is 0.842. The van der Waals surface area contributed by atoms with E-state index in [2.05, 4.69) is 34.6 Å². The highest BCUT2D eigenvalue weighted by Gasteiger charge is 2.19. The molecule has 0 aliphatic carbocycles. The summed E-state index contributed by atoms with van der Waals surface area (Å²) in [6.07, 6.45) is 3.17. The van der Waals surface area contributed by atoms with Crippen molar-refractivity contribution in [3.8, 4) is 0 Å². The van der Waals surface area contributed by atoms with Crippen LogP contribution in [0.3, 0.4) is 0 Å². The summed E-state index contributed by atoms with van der Waals surface area (Å²) in [5, 5.41) is 6.92. The van der Waals surface area contributed by atoms with Gasteiger partial charge in [-0.05, 0) is 20.0 Å². The van der Waals surface area contributed by atoms with Gasteiger partial charge >= 0.3 is 0 Å². The summed E-state index contributed by atoms with van der Waals surface area (Å²) in [5.41, 5.74) is 0. The molecule has 1 aromatic rings. The Balaban J connectivity index is 1.74. The smallest absolute Gasteiger partial charge is 0.0965 e. The fourth-order valence-electron chi connectivity index (χ4n) is 2.01. The normalized spacial score (nSPS) is 24.5.